The first-order valence-corrected chi connectivity index (χ1v) is 7.96. The minimum Gasteiger partial charge on any atom is -0.308 e. The van der Waals surface area contributed by atoms with Crippen molar-refractivity contribution in [3.05, 3.63) is 63.4 Å². The summed E-state index contributed by atoms with van der Waals surface area (Å²) in [6.07, 6.45) is 1.85. The number of benzene rings is 1. The summed E-state index contributed by atoms with van der Waals surface area (Å²) in [5, 5.41) is 5.00. The number of aryl methyl sites for hydroxylation is 1. The van der Waals surface area contributed by atoms with E-state index < -0.39 is 0 Å². The SMILES string of the molecule is CCCNC(Cc1cc(Cl)ccc1Cl)c1cccc(C)n1. The topological polar surface area (TPSA) is 24.9 Å². The first-order valence-electron chi connectivity index (χ1n) is 7.21. The van der Waals surface area contributed by atoms with E-state index >= 15 is 0 Å². The van der Waals surface area contributed by atoms with Gasteiger partial charge in [0.2, 0.25) is 0 Å². The van der Waals surface area contributed by atoms with Crippen molar-refractivity contribution in [1.82, 2.24) is 10.3 Å². The van der Waals surface area contributed by atoms with Gasteiger partial charge >= 0.3 is 0 Å². The number of nitrogens with one attached hydrogen (secondary N) is 1. The number of pyridine rings is 1. The lowest BCUT2D eigenvalue weighted by Crippen LogP contribution is -2.25. The van der Waals surface area contributed by atoms with Gasteiger partial charge in [-0.3, -0.25) is 4.98 Å². The Morgan fingerprint density at radius 3 is 2.71 bits per heavy atom. The van der Waals surface area contributed by atoms with Crippen molar-refractivity contribution in [2.24, 2.45) is 0 Å². The van der Waals surface area contributed by atoms with Gasteiger partial charge in [-0.1, -0.05) is 36.2 Å². The quantitative estimate of drug-likeness (QED) is 0.811. The normalized spacial score (nSPS) is 12.4. The van der Waals surface area contributed by atoms with E-state index in [2.05, 4.69) is 23.3 Å². The zero-order chi connectivity index (χ0) is 15.2. The van der Waals surface area contributed by atoms with Crippen molar-refractivity contribution >= 4 is 23.2 Å². The van der Waals surface area contributed by atoms with Gasteiger partial charge in [-0.15, -0.1) is 0 Å². The van der Waals surface area contributed by atoms with Crippen LogP contribution in [-0.2, 0) is 6.42 Å². The summed E-state index contributed by atoms with van der Waals surface area (Å²) < 4.78 is 0. The molecule has 0 aliphatic carbocycles. The molecule has 0 bridgehead atoms. The third-order valence-electron chi connectivity index (χ3n) is 3.34. The van der Waals surface area contributed by atoms with E-state index in [1.54, 1.807) is 0 Å². The van der Waals surface area contributed by atoms with E-state index in [1.807, 2.05) is 37.3 Å². The largest absolute Gasteiger partial charge is 0.308 e. The number of aromatic nitrogens is 1. The van der Waals surface area contributed by atoms with Crippen molar-refractivity contribution in [2.75, 3.05) is 6.54 Å². The molecule has 1 aromatic carbocycles. The summed E-state index contributed by atoms with van der Waals surface area (Å²) >= 11 is 12.4. The van der Waals surface area contributed by atoms with Crippen LogP contribution in [0.1, 0.15) is 36.3 Å². The minimum atomic E-state index is 0.140. The Bertz CT molecular complexity index is 599. The van der Waals surface area contributed by atoms with Crippen molar-refractivity contribution in [3.8, 4) is 0 Å². The van der Waals surface area contributed by atoms with Crippen LogP contribution in [0.5, 0.6) is 0 Å². The predicted octanol–water partition coefficient (Wildman–Crippen LogP) is 4.98. The maximum Gasteiger partial charge on any atom is 0.0579 e. The van der Waals surface area contributed by atoms with Crippen LogP contribution in [0.25, 0.3) is 0 Å². The van der Waals surface area contributed by atoms with Gasteiger partial charge in [0.05, 0.1) is 11.7 Å². The molecule has 1 heterocycles. The van der Waals surface area contributed by atoms with Crippen LogP contribution in [0.2, 0.25) is 10.0 Å². The van der Waals surface area contributed by atoms with Crippen LogP contribution in [0.15, 0.2) is 36.4 Å². The van der Waals surface area contributed by atoms with Crippen molar-refractivity contribution in [3.63, 3.8) is 0 Å². The fourth-order valence-corrected chi connectivity index (χ4v) is 2.67. The summed E-state index contributed by atoms with van der Waals surface area (Å²) in [6.45, 7) is 5.10. The zero-order valence-corrected chi connectivity index (χ0v) is 13.9. The summed E-state index contributed by atoms with van der Waals surface area (Å²) in [7, 11) is 0. The third kappa shape index (κ3) is 4.70. The van der Waals surface area contributed by atoms with E-state index in [0.29, 0.717) is 5.02 Å². The van der Waals surface area contributed by atoms with E-state index in [-0.39, 0.29) is 6.04 Å². The zero-order valence-electron chi connectivity index (χ0n) is 12.4. The maximum atomic E-state index is 6.29. The van der Waals surface area contributed by atoms with Crippen LogP contribution in [0.4, 0.5) is 0 Å². The molecule has 0 aliphatic rings. The molecule has 2 aromatic rings. The monoisotopic (exact) mass is 322 g/mol. The van der Waals surface area contributed by atoms with Gasteiger partial charge in [0.1, 0.15) is 0 Å². The highest BCUT2D eigenvalue weighted by Gasteiger charge is 2.15. The fourth-order valence-electron chi connectivity index (χ4n) is 2.28. The molecule has 0 aliphatic heterocycles. The van der Waals surface area contributed by atoms with Gasteiger partial charge in [0, 0.05) is 15.7 Å². The van der Waals surface area contributed by atoms with E-state index in [1.165, 1.54) is 0 Å². The molecule has 0 amide bonds. The molecule has 1 atom stereocenters. The molecule has 1 aromatic heterocycles. The lowest BCUT2D eigenvalue weighted by Gasteiger charge is -2.19. The predicted molar refractivity (Wildman–Crippen MR) is 90.2 cm³/mol. The fraction of sp³-hybridized carbons (Fsp3) is 0.353. The molecule has 4 heteroatoms. The number of hydrogen-bond acceptors (Lipinski definition) is 2. The number of nitrogens with zero attached hydrogens (tertiary/aromatic N) is 1. The van der Waals surface area contributed by atoms with Gasteiger partial charge in [-0.25, -0.2) is 0 Å². The van der Waals surface area contributed by atoms with Crippen LogP contribution >= 0.6 is 23.2 Å². The van der Waals surface area contributed by atoms with E-state index in [0.717, 1.165) is 41.4 Å². The van der Waals surface area contributed by atoms with E-state index in [9.17, 15) is 0 Å². The molecule has 0 saturated carbocycles. The smallest absolute Gasteiger partial charge is 0.0579 e. The summed E-state index contributed by atoms with van der Waals surface area (Å²) in [5.74, 6) is 0. The van der Waals surface area contributed by atoms with Crippen molar-refractivity contribution in [2.45, 2.75) is 32.7 Å². The van der Waals surface area contributed by atoms with Gasteiger partial charge < -0.3 is 5.32 Å². The van der Waals surface area contributed by atoms with Crippen LogP contribution in [0, 0.1) is 6.92 Å². The number of hydrogen-bond donors (Lipinski definition) is 1. The van der Waals surface area contributed by atoms with Gasteiger partial charge in [-0.2, -0.15) is 0 Å². The highest BCUT2D eigenvalue weighted by Crippen LogP contribution is 2.25. The average molecular weight is 323 g/mol. The molecule has 1 unspecified atom stereocenters. The van der Waals surface area contributed by atoms with Gasteiger partial charge in [0.15, 0.2) is 0 Å². The molecule has 1 N–H and O–H groups in total. The molecule has 0 fully saturated rings. The van der Waals surface area contributed by atoms with E-state index in [4.69, 9.17) is 23.2 Å². The molecule has 112 valence electrons. The molecular formula is C17H20Cl2N2. The number of rotatable bonds is 6. The molecule has 21 heavy (non-hydrogen) atoms. The maximum absolute atomic E-state index is 6.29. The second-order valence-electron chi connectivity index (χ2n) is 5.15. The van der Waals surface area contributed by atoms with Crippen LogP contribution in [0.3, 0.4) is 0 Å². The Hall–Kier alpha value is -1.09. The second kappa shape index (κ2) is 7.79. The van der Waals surface area contributed by atoms with Crippen LogP contribution in [-0.4, -0.2) is 11.5 Å². The molecule has 0 radical (unpaired) electrons. The summed E-state index contributed by atoms with van der Waals surface area (Å²) in [6, 6.07) is 11.8. The summed E-state index contributed by atoms with van der Waals surface area (Å²) in [4.78, 5) is 4.64. The third-order valence-corrected chi connectivity index (χ3v) is 3.94. The average Bonchev–Trinajstić information content (AvgIpc) is 2.47. The molecule has 0 saturated heterocycles. The Labute approximate surface area is 136 Å². The lowest BCUT2D eigenvalue weighted by atomic mass is 10.0. The highest BCUT2D eigenvalue weighted by atomic mass is 35.5. The standard InChI is InChI=1S/C17H20Cl2N2/c1-3-9-20-17(16-6-4-5-12(2)21-16)11-13-10-14(18)7-8-15(13)19/h4-8,10,17,20H,3,9,11H2,1-2H3. The minimum absolute atomic E-state index is 0.140. The Morgan fingerprint density at radius 2 is 2.00 bits per heavy atom. The molecular weight excluding hydrogens is 303 g/mol. The molecule has 2 rings (SSSR count). The first kappa shape index (κ1) is 16.3. The number of halogens is 2. The first-order chi connectivity index (χ1) is 10.1. The van der Waals surface area contributed by atoms with Crippen molar-refractivity contribution in [1.29, 1.82) is 0 Å². The Kier molecular flexibility index (Phi) is 6.04. The Morgan fingerprint density at radius 1 is 1.19 bits per heavy atom. The highest BCUT2D eigenvalue weighted by molar-refractivity contribution is 6.33. The second-order valence-corrected chi connectivity index (χ2v) is 5.99. The van der Waals surface area contributed by atoms with Gasteiger partial charge in [-0.05, 0) is 62.2 Å². The molecule has 0 spiro atoms. The van der Waals surface area contributed by atoms with Crippen LogP contribution < -0.4 is 5.32 Å². The van der Waals surface area contributed by atoms with Crippen molar-refractivity contribution < 1.29 is 0 Å². The molecule has 2 nitrogen and oxygen atoms in total. The van der Waals surface area contributed by atoms with Gasteiger partial charge in [0.25, 0.3) is 0 Å². The lowest BCUT2D eigenvalue weighted by molar-refractivity contribution is 0.517. The Balaban J connectivity index is 2.25. The summed E-state index contributed by atoms with van der Waals surface area (Å²) in [5.41, 5.74) is 3.11.